The molecule has 0 radical (unpaired) electrons. The normalized spacial score (nSPS) is 24.3. The second-order valence-corrected chi connectivity index (χ2v) is 5.31. The molecule has 3 nitrogen and oxygen atoms in total. The summed E-state index contributed by atoms with van der Waals surface area (Å²) < 4.78 is 11.5. The number of ether oxygens (including phenoxy) is 1. The zero-order valence-electron chi connectivity index (χ0n) is 11.6. The second-order valence-electron chi connectivity index (χ2n) is 5.31. The van der Waals surface area contributed by atoms with Crippen molar-refractivity contribution in [3.63, 3.8) is 0 Å². The second kappa shape index (κ2) is 6.95. The molecule has 1 saturated carbocycles. The molecule has 2 unspecified atom stereocenters. The van der Waals surface area contributed by atoms with Crippen LogP contribution in [0.2, 0.25) is 0 Å². The Morgan fingerprint density at radius 2 is 2.22 bits per heavy atom. The first kappa shape index (κ1) is 13.6. The highest BCUT2D eigenvalue weighted by atomic mass is 16.5. The fourth-order valence-electron chi connectivity index (χ4n) is 2.58. The van der Waals surface area contributed by atoms with Gasteiger partial charge in [-0.2, -0.15) is 0 Å². The highest BCUT2D eigenvalue weighted by molar-refractivity contribution is 5.12. The van der Waals surface area contributed by atoms with Gasteiger partial charge in [-0.1, -0.05) is 26.7 Å². The molecular formula is C15H25NO2. The number of rotatable bonds is 6. The minimum Gasteiger partial charge on any atom is -0.467 e. The van der Waals surface area contributed by atoms with Crippen LogP contribution in [0, 0.1) is 5.92 Å². The summed E-state index contributed by atoms with van der Waals surface area (Å²) in [5.74, 6) is 1.63. The van der Waals surface area contributed by atoms with E-state index < -0.39 is 0 Å². The summed E-state index contributed by atoms with van der Waals surface area (Å²) in [6.45, 7) is 6.87. The van der Waals surface area contributed by atoms with Crippen molar-refractivity contribution in [2.24, 2.45) is 5.92 Å². The molecule has 1 aliphatic carbocycles. The van der Waals surface area contributed by atoms with Gasteiger partial charge in [0.25, 0.3) is 0 Å². The van der Waals surface area contributed by atoms with Gasteiger partial charge >= 0.3 is 0 Å². The molecule has 1 heterocycles. The van der Waals surface area contributed by atoms with Crippen LogP contribution in [-0.4, -0.2) is 12.6 Å². The molecule has 18 heavy (non-hydrogen) atoms. The number of hydrogen-bond donors (Lipinski definition) is 1. The van der Waals surface area contributed by atoms with E-state index in [0.717, 1.165) is 18.8 Å². The predicted octanol–water partition coefficient (Wildman–Crippen LogP) is 3.48. The minimum absolute atomic E-state index is 0.418. The summed E-state index contributed by atoms with van der Waals surface area (Å²) in [5.41, 5.74) is 1.20. The minimum atomic E-state index is 0.418. The van der Waals surface area contributed by atoms with Crippen molar-refractivity contribution < 1.29 is 9.15 Å². The van der Waals surface area contributed by atoms with Crippen LogP contribution in [0.4, 0.5) is 0 Å². The van der Waals surface area contributed by atoms with E-state index in [1.54, 1.807) is 0 Å². The van der Waals surface area contributed by atoms with Gasteiger partial charge in [-0.25, -0.2) is 0 Å². The zero-order valence-corrected chi connectivity index (χ0v) is 11.6. The predicted molar refractivity (Wildman–Crippen MR) is 72.3 cm³/mol. The highest BCUT2D eigenvalue weighted by Gasteiger charge is 2.22. The Balaban J connectivity index is 1.77. The molecule has 102 valence electrons. The number of hydrogen-bond acceptors (Lipinski definition) is 3. The quantitative estimate of drug-likeness (QED) is 0.840. The van der Waals surface area contributed by atoms with E-state index in [-0.39, 0.29) is 0 Å². The van der Waals surface area contributed by atoms with Gasteiger partial charge in [0.15, 0.2) is 0 Å². The molecule has 1 aromatic heterocycles. The standard InChI is InChI=1S/C15H25NO2/c1-3-16-9-13-8-14(17-10-13)11-18-15-7-5-4-6-12(15)2/h8,10,12,15-16H,3-7,9,11H2,1-2H3. The Kier molecular flexibility index (Phi) is 5.26. The van der Waals surface area contributed by atoms with E-state index in [4.69, 9.17) is 9.15 Å². The third kappa shape index (κ3) is 3.85. The first-order valence-corrected chi connectivity index (χ1v) is 7.18. The van der Waals surface area contributed by atoms with Crippen LogP contribution in [0.15, 0.2) is 16.7 Å². The fraction of sp³-hybridized carbons (Fsp3) is 0.733. The Bertz CT molecular complexity index is 348. The first-order chi connectivity index (χ1) is 8.79. The van der Waals surface area contributed by atoms with Gasteiger partial charge in [0.05, 0.1) is 12.4 Å². The molecule has 0 amide bonds. The van der Waals surface area contributed by atoms with Gasteiger partial charge in [-0.3, -0.25) is 0 Å². The van der Waals surface area contributed by atoms with E-state index in [0.29, 0.717) is 18.6 Å². The lowest BCUT2D eigenvalue weighted by Gasteiger charge is -2.28. The van der Waals surface area contributed by atoms with Crippen molar-refractivity contribution in [2.75, 3.05) is 6.54 Å². The zero-order chi connectivity index (χ0) is 12.8. The van der Waals surface area contributed by atoms with Crippen LogP contribution in [0.5, 0.6) is 0 Å². The molecule has 1 aromatic rings. The van der Waals surface area contributed by atoms with E-state index in [1.807, 2.05) is 6.26 Å². The van der Waals surface area contributed by atoms with Crippen LogP contribution in [0.1, 0.15) is 50.9 Å². The molecule has 2 atom stereocenters. The van der Waals surface area contributed by atoms with Gasteiger partial charge in [0.1, 0.15) is 12.4 Å². The lowest BCUT2D eigenvalue weighted by molar-refractivity contribution is -0.0219. The van der Waals surface area contributed by atoms with E-state index >= 15 is 0 Å². The molecule has 1 N–H and O–H groups in total. The molecule has 0 bridgehead atoms. The highest BCUT2D eigenvalue weighted by Crippen LogP contribution is 2.27. The van der Waals surface area contributed by atoms with Crippen molar-refractivity contribution in [3.8, 4) is 0 Å². The summed E-state index contributed by atoms with van der Waals surface area (Å²) in [5, 5.41) is 3.29. The van der Waals surface area contributed by atoms with Gasteiger partial charge in [-0.05, 0) is 31.4 Å². The van der Waals surface area contributed by atoms with E-state index in [2.05, 4.69) is 25.2 Å². The van der Waals surface area contributed by atoms with E-state index in [1.165, 1.54) is 31.2 Å². The molecule has 0 spiro atoms. The summed E-state index contributed by atoms with van der Waals surface area (Å²) in [4.78, 5) is 0. The third-order valence-electron chi connectivity index (χ3n) is 3.76. The topological polar surface area (TPSA) is 34.4 Å². The fourth-order valence-corrected chi connectivity index (χ4v) is 2.58. The molecule has 1 aliphatic rings. The summed E-state index contributed by atoms with van der Waals surface area (Å²) >= 11 is 0. The molecule has 0 aliphatic heterocycles. The molecule has 3 heteroatoms. The average Bonchev–Trinajstić information content (AvgIpc) is 2.83. The van der Waals surface area contributed by atoms with Crippen LogP contribution in [-0.2, 0) is 17.9 Å². The summed E-state index contributed by atoms with van der Waals surface area (Å²) in [6, 6.07) is 2.09. The van der Waals surface area contributed by atoms with Crippen LogP contribution >= 0.6 is 0 Å². The van der Waals surface area contributed by atoms with Crippen LogP contribution < -0.4 is 5.32 Å². The number of nitrogens with one attached hydrogen (secondary N) is 1. The van der Waals surface area contributed by atoms with Gasteiger partial charge < -0.3 is 14.5 Å². The van der Waals surface area contributed by atoms with Gasteiger partial charge in [0, 0.05) is 12.1 Å². The van der Waals surface area contributed by atoms with Gasteiger partial charge in [-0.15, -0.1) is 0 Å². The van der Waals surface area contributed by atoms with Gasteiger partial charge in [0.2, 0.25) is 0 Å². The van der Waals surface area contributed by atoms with Crippen LogP contribution in [0.25, 0.3) is 0 Å². The maximum atomic E-state index is 5.98. The molecule has 2 rings (SSSR count). The van der Waals surface area contributed by atoms with Crippen molar-refractivity contribution in [1.82, 2.24) is 5.32 Å². The Morgan fingerprint density at radius 3 is 3.00 bits per heavy atom. The van der Waals surface area contributed by atoms with Crippen molar-refractivity contribution in [1.29, 1.82) is 0 Å². The molecule has 0 aromatic carbocycles. The van der Waals surface area contributed by atoms with Crippen molar-refractivity contribution in [2.45, 2.75) is 58.8 Å². The van der Waals surface area contributed by atoms with Crippen LogP contribution in [0.3, 0.4) is 0 Å². The average molecular weight is 251 g/mol. The largest absolute Gasteiger partial charge is 0.467 e. The molecular weight excluding hydrogens is 226 g/mol. The lowest BCUT2D eigenvalue weighted by Crippen LogP contribution is -2.25. The summed E-state index contributed by atoms with van der Waals surface area (Å²) in [6.07, 6.45) is 7.40. The number of furan rings is 1. The lowest BCUT2D eigenvalue weighted by atomic mass is 9.88. The summed E-state index contributed by atoms with van der Waals surface area (Å²) in [7, 11) is 0. The Morgan fingerprint density at radius 1 is 1.39 bits per heavy atom. The molecule has 1 fully saturated rings. The SMILES string of the molecule is CCNCc1coc(COC2CCCCC2C)c1. The molecule has 0 saturated heterocycles. The third-order valence-corrected chi connectivity index (χ3v) is 3.76. The maximum Gasteiger partial charge on any atom is 0.129 e. The van der Waals surface area contributed by atoms with Crippen molar-refractivity contribution in [3.05, 3.63) is 23.7 Å². The maximum absolute atomic E-state index is 5.98. The Hall–Kier alpha value is -0.800. The van der Waals surface area contributed by atoms with Crippen molar-refractivity contribution >= 4 is 0 Å². The van der Waals surface area contributed by atoms with E-state index in [9.17, 15) is 0 Å². The monoisotopic (exact) mass is 251 g/mol. The smallest absolute Gasteiger partial charge is 0.129 e. The Labute approximate surface area is 110 Å². The first-order valence-electron chi connectivity index (χ1n) is 7.18.